The lowest BCUT2D eigenvalue weighted by Gasteiger charge is -2.19. The standard InChI is InChI=1S/C22H23ClN4O/c23-20-5-1-4-19(15-20)21(26-13-9-18-3-2-10-25-16-18)22(28)27-14-8-17-6-11-24-12-7-17/h1-7,10-12,15-16,21,26H,8-9,13-14H2,(H,27,28). The molecule has 0 fully saturated rings. The van der Waals surface area contributed by atoms with Gasteiger partial charge in [-0.3, -0.25) is 14.8 Å². The molecule has 0 spiro atoms. The van der Waals surface area contributed by atoms with Crippen LogP contribution >= 0.6 is 11.6 Å². The van der Waals surface area contributed by atoms with Crippen LogP contribution in [-0.4, -0.2) is 29.0 Å². The molecule has 1 amide bonds. The van der Waals surface area contributed by atoms with Gasteiger partial charge in [0.05, 0.1) is 0 Å². The molecule has 5 nitrogen and oxygen atoms in total. The SMILES string of the molecule is O=C(NCCc1ccncc1)C(NCCc1cccnc1)c1cccc(Cl)c1. The van der Waals surface area contributed by atoms with E-state index in [9.17, 15) is 4.79 Å². The van der Waals surface area contributed by atoms with Gasteiger partial charge in [0.25, 0.3) is 0 Å². The second-order valence-electron chi connectivity index (χ2n) is 6.45. The van der Waals surface area contributed by atoms with Crippen LogP contribution in [0.3, 0.4) is 0 Å². The summed E-state index contributed by atoms with van der Waals surface area (Å²) in [5, 5.41) is 6.98. The van der Waals surface area contributed by atoms with Crippen molar-refractivity contribution in [3.8, 4) is 0 Å². The van der Waals surface area contributed by atoms with E-state index in [1.165, 1.54) is 0 Å². The second kappa shape index (κ2) is 10.5. The summed E-state index contributed by atoms with van der Waals surface area (Å²) in [6, 6.07) is 14.8. The third-order valence-corrected chi connectivity index (χ3v) is 4.63. The van der Waals surface area contributed by atoms with Crippen molar-refractivity contribution in [2.45, 2.75) is 18.9 Å². The van der Waals surface area contributed by atoms with Gasteiger partial charge < -0.3 is 10.6 Å². The molecule has 0 bridgehead atoms. The molecule has 0 radical (unpaired) electrons. The van der Waals surface area contributed by atoms with Crippen LogP contribution in [0, 0.1) is 0 Å². The number of rotatable bonds is 9. The maximum Gasteiger partial charge on any atom is 0.241 e. The number of aromatic nitrogens is 2. The number of nitrogens with one attached hydrogen (secondary N) is 2. The topological polar surface area (TPSA) is 66.9 Å². The van der Waals surface area contributed by atoms with E-state index in [4.69, 9.17) is 11.6 Å². The summed E-state index contributed by atoms with van der Waals surface area (Å²) in [5.41, 5.74) is 3.11. The molecule has 0 saturated carbocycles. The maximum atomic E-state index is 12.8. The summed E-state index contributed by atoms with van der Waals surface area (Å²) in [6.07, 6.45) is 8.64. The molecule has 1 aromatic carbocycles. The molecule has 1 atom stereocenters. The lowest BCUT2D eigenvalue weighted by molar-refractivity contribution is -0.123. The van der Waals surface area contributed by atoms with Crippen LogP contribution in [0.4, 0.5) is 0 Å². The Kier molecular flexibility index (Phi) is 7.53. The highest BCUT2D eigenvalue weighted by atomic mass is 35.5. The van der Waals surface area contributed by atoms with Crippen LogP contribution in [-0.2, 0) is 17.6 Å². The molecule has 2 heterocycles. The molecule has 0 saturated heterocycles. The van der Waals surface area contributed by atoms with Gasteiger partial charge in [0.1, 0.15) is 6.04 Å². The number of nitrogens with zero attached hydrogens (tertiary/aromatic N) is 2. The summed E-state index contributed by atoms with van der Waals surface area (Å²) in [7, 11) is 0. The number of carbonyl (C=O) groups is 1. The van der Waals surface area contributed by atoms with Gasteiger partial charge in [0.2, 0.25) is 5.91 Å². The number of benzene rings is 1. The summed E-state index contributed by atoms with van der Waals surface area (Å²) >= 11 is 6.13. The minimum Gasteiger partial charge on any atom is -0.354 e. The van der Waals surface area contributed by atoms with Gasteiger partial charge in [-0.25, -0.2) is 0 Å². The van der Waals surface area contributed by atoms with Crippen LogP contribution in [0.2, 0.25) is 5.02 Å². The molecule has 0 aliphatic carbocycles. The first-order valence-electron chi connectivity index (χ1n) is 9.27. The van der Waals surface area contributed by atoms with Crippen molar-refractivity contribution in [1.29, 1.82) is 0 Å². The molecule has 2 N–H and O–H groups in total. The highest BCUT2D eigenvalue weighted by Crippen LogP contribution is 2.18. The minimum atomic E-state index is -0.465. The van der Waals surface area contributed by atoms with Crippen molar-refractivity contribution in [1.82, 2.24) is 20.6 Å². The highest BCUT2D eigenvalue weighted by molar-refractivity contribution is 6.30. The van der Waals surface area contributed by atoms with Crippen LogP contribution in [0.5, 0.6) is 0 Å². The lowest BCUT2D eigenvalue weighted by Crippen LogP contribution is -2.39. The highest BCUT2D eigenvalue weighted by Gasteiger charge is 2.20. The van der Waals surface area contributed by atoms with Gasteiger partial charge in [0.15, 0.2) is 0 Å². The zero-order valence-electron chi connectivity index (χ0n) is 15.5. The first kappa shape index (κ1) is 20.0. The van der Waals surface area contributed by atoms with Crippen molar-refractivity contribution >= 4 is 17.5 Å². The Morgan fingerprint density at radius 1 is 0.929 bits per heavy atom. The number of halogens is 1. The first-order chi connectivity index (χ1) is 13.7. The van der Waals surface area contributed by atoms with Crippen molar-refractivity contribution in [3.63, 3.8) is 0 Å². The number of hydrogen-bond acceptors (Lipinski definition) is 4. The molecule has 0 aliphatic rings. The minimum absolute atomic E-state index is 0.0671. The molecule has 3 rings (SSSR count). The predicted octanol–water partition coefficient (Wildman–Crippen LogP) is 3.36. The third kappa shape index (κ3) is 6.15. The van der Waals surface area contributed by atoms with Crippen molar-refractivity contribution < 1.29 is 4.79 Å². The van der Waals surface area contributed by atoms with Crippen LogP contribution in [0.25, 0.3) is 0 Å². The molecular formula is C22H23ClN4O. The Balaban J connectivity index is 1.60. The van der Waals surface area contributed by atoms with E-state index in [2.05, 4.69) is 20.6 Å². The number of amides is 1. The maximum absolute atomic E-state index is 12.8. The molecule has 3 aromatic rings. The van der Waals surface area contributed by atoms with Gasteiger partial charge in [-0.15, -0.1) is 0 Å². The van der Waals surface area contributed by atoms with E-state index in [-0.39, 0.29) is 5.91 Å². The zero-order valence-corrected chi connectivity index (χ0v) is 16.3. The average Bonchev–Trinajstić information content (AvgIpc) is 2.72. The zero-order chi connectivity index (χ0) is 19.6. The van der Waals surface area contributed by atoms with E-state index in [0.717, 1.165) is 29.5 Å². The normalized spacial score (nSPS) is 11.8. The lowest BCUT2D eigenvalue weighted by atomic mass is 10.1. The van der Waals surface area contributed by atoms with Crippen LogP contribution in [0.15, 0.2) is 73.3 Å². The van der Waals surface area contributed by atoms with Gasteiger partial charge in [0, 0.05) is 42.9 Å². The Hall–Kier alpha value is -2.76. The fraction of sp³-hybridized carbons (Fsp3) is 0.227. The van der Waals surface area contributed by atoms with Gasteiger partial charge in [-0.1, -0.05) is 29.8 Å². The molecule has 2 aromatic heterocycles. The van der Waals surface area contributed by atoms with Gasteiger partial charge in [-0.2, -0.15) is 0 Å². The van der Waals surface area contributed by atoms with E-state index >= 15 is 0 Å². The molecule has 1 unspecified atom stereocenters. The largest absolute Gasteiger partial charge is 0.354 e. The number of pyridine rings is 2. The van der Waals surface area contributed by atoms with Gasteiger partial charge in [-0.05, 0) is 59.9 Å². The fourth-order valence-corrected chi connectivity index (χ4v) is 3.14. The van der Waals surface area contributed by atoms with E-state index in [0.29, 0.717) is 18.1 Å². The molecular weight excluding hydrogens is 372 g/mol. The quantitative estimate of drug-likeness (QED) is 0.584. The molecule has 144 valence electrons. The monoisotopic (exact) mass is 394 g/mol. The number of hydrogen-bond donors (Lipinski definition) is 2. The number of carbonyl (C=O) groups excluding carboxylic acids is 1. The molecule has 28 heavy (non-hydrogen) atoms. The van der Waals surface area contributed by atoms with Crippen molar-refractivity contribution in [2.75, 3.05) is 13.1 Å². The molecule has 6 heteroatoms. The Morgan fingerprint density at radius 2 is 1.75 bits per heavy atom. The fourth-order valence-electron chi connectivity index (χ4n) is 2.94. The van der Waals surface area contributed by atoms with E-state index in [1.54, 1.807) is 24.7 Å². The summed E-state index contributed by atoms with van der Waals surface area (Å²) in [5.74, 6) is -0.0671. The van der Waals surface area contributed by atoms with Crippen LogP contribution < -0.4 is 10.6 Å². The van der Waals surface area contributed by atoms with E-state index < -0.39 is 6.04 Å². The Morgan fingerprint density at radius 3 is 2.50 bits per heavy atom. The Labute approximate surface area is 170 Å². The van der Waals surface area contributed by atoms with E-state index in [1.807, 2.05) is 48.7 Å². The first-order valence-corrected chi connectivity index (χ1v) is 9.64. The average molecular weight is 395 g/mol. The summed E-state index contributed by atoms with van der Waals surface area (Å²) in [6.45, 7) is 1.21. The second-order valence-corrected chi connectivity index (χ2v) is 6.89. The molecule has 0 aliphatic heterocycles. The van der Waals surface area contributed by atoms with Crippen molar-refractivity contribution in [3.05, 3.63) is 95.0 Å². The third-order valence-electron chi connectivity index (χ3n) is 4.39. The van der Waals surface area contributed by atoms with Gasteiger partial charge >= 0.3 is 0 Å². The van der Waals surface area contributed by atoms with Crippen molar-refractivity contribution in [2.24, 2.45) is 0 Å². The smallest absolute Gasteiger partial charge is 0.241 e. The predicted molar refractivity (Wildman–Crippen MR) is 111 cm³/mol. The Bertz CT molecular complexity index is 874. The summed E-state index contributed by atoms with van der Waals surface area (Å²) < 4.78 is 0. The van der Waals surface area contributed by atoms with Crippen LogP contribution in [0.1, 0.15) is 22.7 Å². The summed E-state index contributed by atoms with van der Waals surface area (Å²) in [4.78, 5) is 21.0.